The van der Waals surface area contributed by atoms with Crippen LogP contribution in [-0.4, -0.2) is 28.0 Å². The van der Waals surface area contributed by atoms with Crippen LogP contribution in [0.15, 0.2) is 41.6 Å². The summed E-state index contributed by atoms with van der Waals surface area (Å²) in [4.78, 5) is 12.0. The highest BCUT2D eigenvalue weighted by Crippen LogP contribution is 2.41. The third kappa shape index (κ3) is 3.97. The normalized spacial score (nSPS) is 19.5. The summed E-state index contributed by atoms with van der Waals surface area (Å²) in [6, 6.07) is 7.80. The van der Waals surface area contributed by atoms with E-state index < -0.39 is 0 Å². The van der Waals surface area contributed by atoms with Crippen molar-refractivity contribution in [3.63, 3.8) is 0 Å². The molecule has 28 heavy (non-hydrogen) atoms. The summed E-state index contributed by atoms with van der Waals surface area (Å²) in [5.41, 5.74) is 13.8. The van der Waals surface area contributed by atoms with E-state index >= 15 is 0 Å². The zero-order chi connectivity index (χ0) is 19.7. The lowest BCUT2D eigenvalue weighted by atomic mass is 9.71. The molecule has 1 aliphatic carbocycles. The molecule has 4 rings (SSSR count). The number of aromatic nitrogens is 2. The van der Waals surface area contributed by atoms with Crippen LogP contribution in [0.5, 0.6) is 0 Å². The number of hydrogen-bond acceptors (Lipinski definition) is 4. The zero-order valence-electron chi connectivity index (χ0n) is 17.5. The van der Waals surface area contributed by atoms with E-state index in [1.807, 2.05) is 30.5 Å². The van der Waals surface area contributed by atoms with E-state index in [1.54, 1.807) is 11.1 Å². The molecule has 148 valence electrons. The largest absolute Gasteiger partial charge is 0.399 e. The van der Waals surface area contributed by atoms with Gasteiger partial charge in [0.1, 0.15) is 0 Å². The molecule has 2 N–H and O–H groups in total. The van der Waals surface area contributed by atoms with Gasteiger partial charge in [-0.3, -0.25) is 4.90 Å². The molecule has 2 aromatic rings. The molecular formula is C24H32N4. The standard InChI is InChI=1S/C24H32N4/c1-17-5-4-12-24(2,3)21(17)10-13-28-14-11-22-19(16-28)15-26-23(27-22)18-6-8-20(25)9-7-18/h6-9,15H,4-5,10-14,16,25H2,1-3H3. The van der Waals surface area contributed by atoms with Crippen molar-refractivity contribution in [1.82, 2.24) is 14.9 Å². The van der Waals surface area contributed by atoms with Gasteiger partial charge in [0.25, 0.3) is 0 Å². The molecule has 0 bridgehead atoms. The van der Waals surface area contributed by atoms with Crippen molar-refractivity contribution < 1.29 is 0 Å². The molecule has 1 aromatic carbocycles. The number of fused-ring (bicyclic) bond motifs is 1. The predicted octanol–water partition coefficient (Wildman–Crippen LogP) is 5.00. The molecule has 2 heterocycles. The van der Waals surface area contributed by atoms with Crippen molar-refractivity contribution in [2.24, 2.45) is 5.41 Å². The molecule has 0 saturated heterocycles. The van der Waals surface area contributed by atoms with Gasteiger partial charge in [-0.05, 0) is 62.3 Å². The third-order valence-corrected chi connectivity index (χ3v) is 6.55. The summed E-state index contributed by atoms with van der Waals surface area (Å²) in [5.74, 6) is 0.803. The van der Waals surface area contributed by atoms with E-state index in [1.165, 1.54) is 36.9 Å². The molecule has 0 spiro atoms. The van der Waals surface area contributed by atoms with Crippen LogP contribution < -0.4 is 5.73 Å². The minimum absolute atomic E-state index is 0.368. The van der Waals surface area contributed by atoms with Crippen LogP contribution in [-0.2, 0) is 13.0 Å². The fourth-order valence-corrected chi connectivity index (χ4v) is 4.83. The minimum atomic E-state index is 0.368. The molecule has 2 aliphatic rings. The molecule has 0 amide bonds. The van der Waals surface area contributed by atoms with Gasteiger partial charge in [-0.2, -0.15) is 0 Å². The Morgan fingerprint density at radius 1 is 1.14 bits per heavy atom. The van der Waals surface area contributed by atoms with E-state index in [9.17, 15) is 0 Å². The first-order chi connectivity index (χ1) is 13.4. The van der Waals surface area contributed by atoms with E-state index in [0.717, 1.165) is 43.1 Å². The summed E-state index contributed by atoms with van der Waals surface area (Å²) in [6.07, 6.45) is 8.16. The number of rotatable bonds is 4. The fraction of sp³-hybridized carbons (Fsp3) is 0.500. The fourth-order valence-electron chi connectivity index (χ4n) is 4.83. The van der Waals surface area contributed by atoms with E-state index in [-0.39, 0.29) is 0 Å². The smallest absolute Gasteiger partial charge is 0.159 e. The van der Waals surface area contributed by atoms with Crippen LogP contribution >= 0.6 is 0 Å². The Morgan fingerprint density at radius 3 is 2.68 bits per heavy atom. The van der Waals surface area contributed by atoms with Crippen molar-refractivity contribution in [2.75, 3.05) is 18.8 Å². The maximum atomic E-state index is 5.79. The second kappa shape index (κ2) is 7.67. The van der Waals surface area contributed by atoms with Gasteiger partial charge < -0.3 is 5.73 Å². The molecule has 0 radical (unpaired) electrons. The molecule has 0 unspecified atom stereocenters. The molecule has 0 fully saturated rings. The van der Waals surface area contributed by atoms with Crippen LogP contribution in [0.1, 0.15) is 57.7 Å². The van der Waals surface area contributed by atoms with Crippen LogP contribution in [0.3, 0.4) is 0 Å². The Bertz CT molecular complexity index is 880. The lowest BCUT2D eigenvalue weighted by Gasteiger charge is -2.36. The summed E-state index contributed by atoms with van der Waals surface area (Å²) in [5, 5.41) is 0. The topological polar surface area (TPSA) is 55.0 Å². The monoisotopic (exact) mass is 376 g/mol. The van der Waals surface area contributed by atoms with Gasteiger partial charge in [0, 0.05) is 49.1 Å². The average Bonchev–Trinajstić information content (AvgIpc) is 2.67. The molecule has 4 nitrogen and oxygen atoms in total. The first-order valence-corrected chi connectivity index (χ1v) is 10.5. The van der Waals surface area contributed by atoms with Gasteiger partial charge in [-0.1, -0.05) is 25.0 Å². The van der Waals surface area contributed by atoms with Crippen molar-refractivity contribution in [3.8, 4) is 11.4 Å². The van der Waals surface area contributed by atoms with E-state index in [2.05, 4.69) is 30.7 Å². The maximum absolute atomic E-state index is 5.79. The number of hydrogen-bond donors (Lipinski definition) is 1. The van der Waals surface area contributed by atoms with Crippen LogP contribution in [0, 0.1) is 5.41 Å². The van der Waals surface area contributed by atoms with Crippen molar-refractivity contribution in [1.29, 1.82) is 0 Å². The number of nitrogen functional groups attached to an aromatic ring is 1. The highest BCUT2D eigenvalue weighted by Gasteiger charge is 2.28. The first-order valence-electron chi connectivity index (χ1n) is 10.5. The Hall–Kier alpha value is -2.20. The minimum Gasteiger partial charge on any atom is -0.399 e. The molecule has 1 aliphatic heterocycles. The predicted molar refractivity (Wildman–Crippen MR) is 116 cm³/mol. The highest BCUT2D eigenvalue weighted by molar-refractivity contribution is 5.58. The molecule has 0 atom stereocenters. The quantitative estimate of drug-likeness (QED) is 0.602. The van der Waals surface area contributed by atoms with Gasteiger partial charge in [0.15, 0.2) is 5.82 Å². The Labute approximate surface area is 168 Å². The van der Waals surface area contributed by atoms with Gasteiger partial charge in [-0.25, -0.2) is 9.97 Å². The van der Waals surface area contributed by atoms with Gasteiger partial charge >= 0.3 is 0 Å². The first kappa shape index (κ1) is 19.1. The molecular weight excluding hydrogens is 344 g/mol. The number of benzene rings is 1. The van der Waals surface area contributed by atoms with Crippen molar-refractivity contribution in [3.05, 3.63) is 52.9 Å². The van der Waals surface area contributed by atoms with E-state index in [4.69, 9.17) is 10.7 Å². The highest BCUT2D eigenvalue weighted by atomic mass is 15.1. The second-order valence-electron chi connectivity index (χ2n) is 9.06. The Kier molecular flexibility index (Phi) is 5.24. The summed E-state index contributed by atoms with van der Waals surface area (Å²) in [6.45, 7) is 10.4. The third-order valence-electron chi connectivity index (χ3n) is 6.55. The lowest BCUT2D eigenvalue weighted by molar-refractivity contribution is 0.243. The maximum Gasteiger partial charge on any atom is 0.159 e. The number of allylic oxidation sites excluding steroid dienone is 1. The summed E-state index contributed by atoms with van der Waals surface area (Å²) >= 11 is 0. The Balaban J connectivity index is 1.43. The van der Waals surface area contributed by atoms with E-state index in [0.29, 0.717) is 5.41 Å². The van der Waals surface area contributed by atoms with Gasteiger partial charge in [0.2, 0.25) is 0 Å². The number of anilines is 1. The van der Waals surface area contributed by atoms with Crippen LogP contribution in [0.2, 0.25) is 0 Å². The van der Waals surface area contributed by atoms with Gasteiger partial charge in [-0.15, -0.1) is 0 Å². The number of nitrogens with two attached hydrogens (primary N) is 1. The van der Waals surface area contributed by atoms with Crippen LogP contribution in [0.4, 0.5) is 5.69 Å². The SMILES string of the molecule is CC1=C(CCN2CCc3nc(-c4ccc(N)cc4)ncc3C2)C(C)(C)CCC1. The van der Waals surface area contributed by atoms with Crippen molar-refractivity contribution in [2.45, 2.75) is 59.4 Å². The molecule has 0 saturated carbocycles. The molecule has 4 heteroatoms. The summed E-state index contributed by atoms with van der Waals surface area (Å²) < 4.78 is 0. The zero-order valence-corrected chi connectivity index (χ0v) is 17.5. The molecule has 1 aromatic heterocycles. The lowest BCUT2D eigenvalue weighted by Crippen LogP contribution is -2.33. The Morgan fingerprint density at radius 2 is 1.93 bits per heavy atom. The van der Waals surface area contributed by atoms with Crippen LogP contribution in [0.25, 0.3) is 11.4 Å². The second-order valence-corrected chi connectivity index (χ2v) is 9.06. The number of nitrogens with zero attached hydrogens (tertiary/aromatic N) is 3. The average molecular weight is 377 g/mol. The van der Waals surface area contributed by atoms with Crippen molar-refractivity contribution >= 4 is 5.69 Å². The summed E-state index contributed by atoms with van der Waals surface area (Å²) in [7, 11) is 0. The van der Waals surface area contributed by atoms with Gasteiger partial charge in [0.05, 0.1) is 5.69 Å².